The first-order valence-corrected chi connectivity index (χ1v) is 11.9. The Bertz CT molecular complexity index is 749. The molecule has 3 atom stereocenters. The topological polar surface area (TPSA) is 47.6 Å². The highest BCUT2D eigenvalue weighted by molar-refractivity contribution is 6.99. The number of alkyl carbamates (subject to hydrolysis) is 1. The zero-order valence-electron chi connectivity index (χ0n) is 17.4. The molecule has 2 aromatic carbocycles. The fourth-order valence-corrected chi connectivity index (χ4v) is 8.89. The summed E-state index contributed by atoms with van der Waals surface area (Å²) in [6.45, 7) is 10.9. The van der Waals surface area contributed by atoms with Crippen molar-refractivity contribution in [3.63, 3.8) is 0 Å². The van der Waals surface area contributed by atoms with Crippen molar-refractivity contribution in [1.82, 2.24) is 5.32 Å². The molecule has 150 valence electrons. The van der Waals surface area contributed by atoms with Gasteiger partial charge in [-0.25, -0.2) is 4.79 Å². The second-order valence-corrected chi connectivity index (χ2v) is 13.0. The Kier molecular flexibility index (Phi) is 5.96. The molecule has 28 heavy (non-hydrogen) atoms. The number of hydrogen-bond acceptors (Lipinski definition) is 3. The Balaban J connectivity index is 2.00. The number of benzene rings is 2. The Labute approximate surface area is 169 Å². The zero-order valence-corrected chi connectivity index (χ0v) is 18.4. The van der Waals surface area contributed by atoms with Crippen LogP contribution in [0.5, 0.6) is 0 Å². The smallest absolute Gasteiger partial charge is 0.407 e. The van der Waals surface area contributed by atoms with Crippen LogP contribution in [0.1, 0.15) is 41.0 Å². The van der Waals surface area contributed by atoms with Gasteiger partial charge in [0.05, 0.1) is 6.04 Å². The van der Waals surface area contributed by atoms with Gasteiger partial charge in [0.2, 0.25) is 0 Å². The molecule has 1 fully saturated rings. The summed E-state index contributed by atoms with van der Waals surface area (Å²) in [5.74, 6) is 0. The quantitative estimate of drug-likeness (QED) is 0.754. The second-order valence-electron chi connectivity index (χ2n) is 8.70. The monoisotopic (exact) mass is 397 g/mol. The molecule has 0 bridgehead atoms. The third kappa shape index (κ3) is 4.01. The first kappa shape index (κ1) is 20.6. The van der Waals surface area contributed by atoms with Crippen LogP contribution in [-0.2, 0) is 9.16 Å². The van der Waals surface area contributed by atoms with Gasteiger partial charge in [0.1, 0.15) is 6.10 Å². The maximum atomic E-state index is 11.6. The largest absolute Gasteiger partial charge is 0.444 e. The van der Waals surface area contributed by atoms with Crippen LogP contribution in [-0.4, -0.2) is 32.7 Å². The molecule has 1 saturated heterocycles. The van der Waals surface area contributed by atoms with Gasteiger partial charge in [-0.3, -0.25) is 0 Å². The lowest BCUT2D eigenvalue weighted by atomic mass is 10.1. The third-order valence-corrected chi connectivity index (χ3v) is 10.7. The van der Waals surface area contributed by atoms with Crippen LogP contribution in [0, 0.1) is 0 Å². The van der Waals surface area contributed by atoms with E-state index in [2.05, 4.69) is 81.5 Å². The van der Waals surface area contributed by atoms with Crippen molar-refractivity contribution >= 4 is 24.8 Å². The van der Waals surface area contributed by atoms with Crippen molar-refractivity contribution in [2.45, 2.75) is 64.3 Å². The maximum absolute atomic E-state index is 11.6. The molecule has 4 nitrogen and oxygen atoms in total. The van der Waals surface area contributed by atoms with Crippen LogP contribution in [0.2, 0.25) is 5.04 Å². The predicted octanol–water partition coefficient (Wildman–Crippen LogP) is 3.84. The molecule has 0 spiro atoms. The van der Waals surface area contributed by atoms with Crippen LogP contribution in [0.15, 0.2) is 60.7 Å². The third-order valence-electron chi connectivity index (χ3n) is 5.52. The van der Waals surface area contributed by atoms with Crippen LogP contribution < -0.4 is 15.7 Å². The maximum Gasteiger partial charge on any atom is 0.407 e. The van der Waals surface area contributed by atoms with Gasteiger partial charge in [0.25, 0.3) is 8.32 Å². The highest BCUT2D eigenvalue weighted by atomic mass is 28.4. The summed E-state index contributed by atoms with van der Waals surface area (Å²) in [4.78, 5) is 11.6. The van der Waals surface area contributed by atoms with E-state index >= 15 is 0 Å². The van der Waals surface area contributed by atoms with Gasteiger partial charge >= 0.3 is 6.09 Å². The average molecular weight is 398 g/mol. The van der Waals surface area contributed by atoms with Gasteiger partial charge < -0.3 is 14.5 Å². The summed E-state index contributed by atoms with van der Waals surface area (Å²) < 4.78 is 12.5. The molecule has 1 aliphatic rings. The summed E-state index contributed by atoms with van der Waals surface area (Å²) in [5, 5.41) is 5.27. The van der Waals surface area contributed by atoms with E-state index in [1.807, 2.05) is 19.1 Å². The number of ether oxygens (including phenoxy) is 1. The Morgan fingerprint density at radius 3 is 1.93 bits per heavy atom. The Morgan fingerprint density at radius 1 is 1.04 bits per heavy atom. The summed E-state index contributed by atoms with van der Waals surface area (Å²) >= 11 is 0. The van der Waals surface area contributed by atoms with Crippen LogP contribution in [0.4, 0.5) is 4.79 Å². The number of amides is 1. The van der Waals surface area contributed by atoms with E-state index in [4.69, 9.17) is 9.16 Å². The molecular weight excluding hydrogens is 366 g/mol. The molecular formula is C23H31NO3Si. The zero-order chi connectivity index (χ0) is 20.4. The van der Waals surface area contributed by atoms with Gasteiger partial charge in [-0.05, 0) is 29.3 Å². The summed E-state index contributed by atoms with van der Waals surface area (Å²) in [5.41, 5.74) is 0. The molecule has 1 heterocycles. The Morgan fingerprint density at radius 2 is 1.54 bits per heavy atom. The van der Waals surface area contributed by atoms with Crippen molar-refractivity contribution < 1.29 is 14.0 Å². The lowest BCUT2D eigenvalue weighted by Gasteiger charge is -2.45. The molecule has 1 aliphatic heterocycles. The molecule has 0 aliphatic carbocycles. The van der Waals surface area contributed by atoms with E-state index in [0.717, 1.165) is 0 Å². The number of carbonyl (C=O) groups excluding carboxylic acids is 1. The molecule has 2 aromatic rings. The fourth-order valence-electron chi connectivity index (χ4n) is 4.17. The SMILES string of the molecule is C[C@@H]1NC(=O)O[C@H]1C[C@H](C)O[Si](c1ccccc1)(c1ccccc1)C(C)(C)C. The summed E-state index contributed by atoms with van der Waals surface area (Å²) in [7, 11) is -2.58. The average Bonchev–Trinajstić information content (AvgIpc) is 2.97. The summed E-state index contributed by atoms with van der Waals surface area (Å²) in [6.07, 6.45) is 0.118. The molecule has 3 rings (SSSR count). The van der Waals surface area contributed by atoms with Crippen LogP contribution in [0.25, 0.3) is 0 Å². The number of carbonyl (C=O) groups is 1. The van der Waals surface area contributed by atoms with Gasteiger partial charge in [-0.1, -0.05) is 81.4 Å². The van der Waals surface area contributed by atoms with Crippen molar-refractivity contribution in [1.29, 1.82) is 0 Å². The van der Waals surface area contributed by atoms with Gasteiger partial charge in [0, 0.05) is 12.5 Å². The Hall–Kier alpha value is -2.11. The first-order valence-electron chi connectivity index (χ1n) is 10.00. The molecule has 0 radical (unpaired) electrons. The lowest BCUT2D eigenvalue weighted by Crippen LogP contribution is -2.67. The van der Waals surface area contributed by atoms with Gasteiger partial charge in [0.15, 0.2) is 0 Å². The van der Waals surface area contributed by atoms with Crippen molar-refractivity contribution in [2.24, 2.45) is 0 Å². The minimum Gasteiger partial charge on any atom is -0.444 e. The van der Waals surface area contributed by atoms with E-state index in [1.54, 1.807) is 0 Å². The van der Waals surface area contributed by atoms with Crippen molar-refractivity contribution in [3.05, 3.63) is 60.7 Å². The fraction of sp³-hybridized carbons (Fsp3) is 0.435. The van der Waals surface area contributed by atoms with E-state index in [-0.39, 0.29) is 29.4 Å². The molecule has 0 aromatic heterocycles. The number of hydrogen-bond donors (Lipinski definition) is 1. The second kappa shape index (κ2) is 8.09. The molecule has 1 amide bonds. The van der Waals surface area contributed by atoms with Crippen LogP contribution >= 0.6 is 0 Å². The minimum absolute atomic E-state index is 0.00213. The van der Waals surface area contributed by atoms with E-state index in [9.17, 15) is 4.79 Å². The number of nitrogens with one attached hydrogen (secondary N) is 1. The standard InChI is InChI=1S/C23H31NO3Si/c1-17(16-21-18(2)24-22(25)26-21)27-28(23(3,4)5,19-12-8-6-9-13-19)20-14-10-7-11-15-20/h6-15,17-18,21H,16H2,1-5H3,(H,24,25)/t17-,18-,21-/m0/s1. The van der Waals surface area contributed by atoms with E-state index < -0.39 is 8.32 Å². The van der Waals surface area contributed by atoms with Crippen LogP contribution in [0.3, 0.4) is 0 Å². The highest BCUT2D eigenvalue weighted by Gasteiger charge is 2.51. The summed E-state index contributed by atoms with van der Waals surface area (Å²) in [6, 6.07) is 21.2. The minimum atomic E-state index is -2.58. The number of rotatable bonds is 6. The van der Waals surface area contributed by atoms with Gasteiger partial charge in [-0.15, -0.1) is 0 Å². The molecule has 1 N–H and O–H groups in total. The predicted molar refractivity (Wildman–Crippen MR) is 116 cm³/mol. The van der Waals surface area contributed by atoms with E-state index in [1.165, 1.54) is 10.4 Å². The highest BCUT2D eigenvalue weighted by Crippen LogP contribution is 2.38. The number of cyclic esters (lactones) is 1. The molecule has 0 unspecified atom stereocenters. The molecule has 5 heteroatoms. The normalized spacial score (nSPS) is 21.1. The lowest BCUT2D eigenvalue weighted by molar-refractivity contribution is 0.0890. The van der Waals surface area contributed by atoms with E-state index in [0.29, 0.717) is 6.42 Å². The van der Waals surface area contributed by atoms with Crippen molar-refractivity contribution in [2.75, 3.05) is 0 Å². The van der Waals surface area contributed by atoms with Gasteiger partial charge in [-0.2, -0.15) is 0 Å². The van der Waals surface area contributed by atoms with Crippen molar-refractivity contribution in [3.8, 4) is 0 Å². The first-order chi connectivity index (χ1) is 13.2. The molecule has 0 saturated carbocycles.